The molecule has 1 aliphatic rings. The molecular formula is C22H28N2OP2. The molecule has 0 spiro atoms. The molecule has 0 saturated carbocycles. The molecule has 0 saturated heterocycles. The summed E-state index contributed by atoms with van der Waals surface area (Å²) in [5.74, 6) is 0.0673. The Morgan fingerprint density at radius 1 is 1.19 bits per heavy atom. The van der Waals surface area contributed by atoms with E-state index in [2.05, 4.69) is 62.7 Å². The Labute approximate surface area is 167 Å². The quantitative estimate of drug-likeness (QED) is 0.545. The summed E-state index contributed by atoms with van der Waals surface area (Å²) in [5, 5.41) is 9.09. The summed E-state index contributed by atoms with van der Waals surface area (Å²) in [4.78, 5) is 12.4. The van der Waals surface area contributed by atoms with E-state index in [1.165, 1.54) is 5.56 Å². The Bertz CT molecular complexity index is 863. The molecule has 5 heteroatoms. The van der Waals surface area contributed by atoms with Crippen LogP contribution in [-0.4, -0.2) is 17.5 Å². The minimum absolute atomic E-state index is 0.0673. The molecule has 3 rings (SSSR count). The van der Waals surface area contributed by atoms with Crippen LogP contribution in [0, 0.1) is 12.8 Å². The molecule has 1 heterocycles. The Morgan fingerprint density at radius 3 is 2.48 bits per heavy atom. The van der Waals surface area contributed by atoms with Gasteiger partial charge in [-0.05, 0) is 48.6 Å². The van der Waals surface area contributed by atoms with E-state index in [0.717, 1.165) is 53.1 Å². The number of unbranched alkanes of at least 4 members (excludes halogenated alkanes) is 1. The number of hydrogen-bond acceptors (Lipinski definition) is 3. The monoisotopic (exact) mass is 398 g/mol. The van der Waals surface area contributed by atoms with Crippen LogP contribution in [0.1, 0.15) is 44.2 Å². The largest absolute Gasteiger partial charge is 0.301 e. The molecule has 0 amide bonds. The van der Waals surface area contributed by atoms with Gasteiger partial charge in [-0.1, -0.05) is 55.7 Å². The van der Waals surface area contributed by atoms with Crippen LogP contribution >= 0.6 is 18.5 Å². The van der Waals surface area contributed by atoms with Crippen molar-refractivity contribution in [3.05, 3.63) is 53.6 Å². The minimum atomic E-state index is -0.691. The number of carbonyl (C=O) groups excluding carboxylic acids is 1. The van der Waals surface area contributed by atoms with Gasteiger partial charge < -0.3 is 4.79 Å². The molecular weight excluding hydrogens is 370 g/mol. The van der Waals surface area contributed by atoms with E-state index in [1.54, 1.807) is 0 Å². The van der Waals surface area contributed by atoms with E-state index in [4.69, 9.17) is 5.10 Å². The van der Waals surface area contributed by atoms with Gasteiger partial charge in [-0.25, -0.2) is 0 Å². The average molecular weight is 398 g/mol. The fourth-order valence-corrected chi connectivity index (χ4v) is 4.62. The van der Waals surface area contributed by atoms with Gasteiger partial charge in [-0.3, -0.25) is 5.01 Å². The SMILES string of the molecule is CCCCC1C(c2ccc(C)cc2)=NN(c2ccc(P)cc2P)C1(C)C=O. The van der Waals surface area contributed by atoms with Crippen LogP contribution in [0.25, 0.3) is 0 Å². The fourth-order valence-electron chi connectivity index (χ4n) is 3.74. The summed E-state index contributed by atoms with van der Waals surface area (Å²) in [5.41, 5.74) is 3.61. The molecule has 2 aromatic rings. The third-order valence-corrected chi connectivity index (χ3v) is 6.23. The second kappa shape index (κ2) is 8.21. The van der Waals surface area contributed by atoms with E-state index in [1.807, 2.05) is 24.1 Å². The predicted octanol–water partition coefficient (Wildman–Crippen LogP) is 3.98. The number of benzene rings is 2. The number of nitrogens with zero attached hydrogens (tertiary/aromatic N) is 2. The zero-order valence-corrected chi connectivity index (χ0v) is 18.6. The zero-order chi connectivity index (χ0) is 19.6. The number of aryl methyl sites for hydroxylation is 1. The number of carbonyl (C=O) groups is 1. The van der Waals surface area contributed by atoms with Crippen molar-refractivity contribution in [1.29, 1.82) is 0 Å². The molecule has 0 aromatic heterocycles. The first-order valence-corrected chi connectivity index (χ1v) is 10.6. The number of rotatable bonds is 6. The van der Waals surface area contributed by atoms with Crippen molar-refractivity contribution in [2.75, 3.05) is 5.01 Å². The third kappa shape index (κ3) is 3.86. The van der Waals surface area contributed by atoms with Crippen molar-refractivity contribution in [2.24, 2.45) is 11.0 Å². The maximum atomic E-state index is 12.4. The van der Waals surface area contributed by atoms with E-state index in [9.17, 15) is 4.79 Å². The maximum Gasteiger partial charge on any atom is 0.148 e. The maximum absolute atomic E-state index is 12.4. The Hall–Kier alpha value is -1.56. The van der Waals surface area contributed by atoms with Crippen molar-refractivity contribution in [3.63, 3.8) is 0 Å². The lowest BCUT2D eigenvalue weighted by atomic mass is 9.78. The summed E-state index contributed by atoms with van der Waals surface area (Å²) < 4.78 is 0. The predicted molar refractivity (Wildman–Crippen MR) is 123 cm³/mol. The van der Waals surface area contributed by atoms with E-state index >= 15 is 0 Å². The average Bonchev–Trinajstić information content (AvgIpc) is 2.94. The van der Waals surface area contributed by atoms with Crippen LogP contribution in [0.4, 0.5) is 5.69 Å². The molecule has 1 aliphatic heterocycles. The van der Waals surface area contributed by atoms with E-state index in [-0.39, 0.29) is 5.92 Å². The molecule has 0 fully saturated rings. The van der Waals surface area contributed by atoms with E-state index in [0.29, 0.717) is 0 Å². The first-order chi connectivity index (χ1) is 12.9. The molecule has 27 heavy (non-hydrogen) atoms. The lowest BCUT2D eigenvalue weighted by molar-refractivity contribution is -0.112. The van der Waals surface area contributed by atoms with Gasteiger partial charge in [0, 0.05) is 5.92 Å². The smallest absolute Gasteiger partial charge is 0.148 e. The summed E-state index contributed by atoms with van der Waals surface area (Å²) >= 11 is 0. The summed E-state index contributed by atoms with van der Waals surface area (Å²) in [7, 11) is 5.49. The van der Waals surface area contributed by atoms with Crippen molar-refractivity contribution in [3.8, 4) is 0 Å². The summed E-state index contributed by atoms with van der Waals surface area (Å²) in [6.45, 7) is 6.29. The number of anilines is 1. The first-order valence-electron chi connectivity index (χ1n) is 9.47. The van der Waals surface area contributed by atoms with Crippen LogP contribution in [0.2, 0.25) is 0 Å². The number of hydrazone groups is 1. The van der Waals surface area contributed by atoms with Gasteiger partial charge in [-0.2, -0.15) is 5.10 Å². The van der Waals surface area contributed by atoms with Crippen molar-refractivity contribution >= 4 is 46.8 Å². The van der Waals surface area contributed by atoms with Gasteiger partial charge >= 0.3 is 0 Å². The molecule has 0 N–H and O–H groups in total. The second-order valence-electron chi connectivity index (χ2n) is 7.52. The van der Waals surface area contributed by atoms with Crippen LogP contribution in [-0.2, 0) is 4.79 Å². The highest BCUT2D eigenvalue weighted by molar-refractivity contribution is 7.29. The number of hydrogen-bond donors (Lipinski definition) is 0. The van der Waals surface area contributed by atoms with Gasteiger partial charge in [0.25, 0.3) is 0 Å². The van der Waals surface area contributed by atoms with Gasteiger partial charge in [0.05, 0.1) is 11.4 Å². The molecule has 4 unspecified atom stereocenters. The topological polar surface area (TPSA) is 32.7 Å². The lowest BCUT2D eigenvalue weighted by Crippen LogP contribution is -2.49. The van der Waals surface area contributed by atoms with Crippen molar-refractivity contribution in [2.45, 2.75) is 45.6 Å². The Kier molecular flexibility index (Phi) is 6.14. The van der Waals surface area contributed by atoms with Crippen LogP contribution in [0.3, 0.4) is 0 Å². The van der Waals surface area contributed by atoms with Gasteiger partial charge in [-0.15, -0.1) is 18.5 Å². The fraction of sp³-hybridized carbons (Fsp3) is 0.364. The standard InChI is InChI=1S/C22H28N2OP2/c1-4-5-6-18-21(16-9-7-15(2)8-10-16)23-24(22(18,3)14-25)19-12-11-17(26)13-20(19)27/h7-14,18H,4-6,26-27H2,1-3H3. The molecule has 4 atom stereocenters. The highest BCUT2D eigenvalue weighted by Gasteiger charge is 2.48. The van der Waals surface area contributed by atoms with Gasteiger partial charge in [0.2, 0.25) is 0 Å². The van der Waals surface area contributed by atoms with Crippen LogP contribution < -0.4 is 15.6 Å². The first kappa shape index (κ1) is 20.2. The summed E-state index contributed by atoms with van der Waals surface area (Å²) in [6, 6.07) is 14.6. The molecule has 0 bridgehead atoms. The van der Waals surface area contributed by atoms with Crippen molar-refractivity contribution < 1.29 is 4.79 Å². The zero-order valence-electron chi connectivity index (χ0n) is 16.3. The third-order valence-electron chi connectivity index (χ3n) is 5.41. The van der Waals surface area contributed by atoms with Gasteiger partial charge in [0.15, 0.2) is 0 Å². The normalized spacial score (nSPS) is 22.0. The highest BCUT2D eigenvalue weighted by Crippen LogP contribution is 2.40. The Morgan fingerprint density at radius 2 is 1.89 bits per heavy atom. The van der Waals surface area contributed by atoms with Gasteiger partial charge in [0.1, 0.15) is 11.8 Å². The lowest BCUT2D eigenvalue weighted by Gasteiger charge is -2.35. The summed E-state index contributed by atoms with van der Waals surface area (Å²) in [6.07, 6.45) is 4.20. The second-order valence-corrected chi connectivity index (χ2v) is 8.81. The molecule has 2 aromatic carbocycles. The van der Waals surface area contributed by atoms with Crippen LogP contribution in [0.15, 0.2) is 47.6 Å². The molecule has 0 aliphatic carbocycles. The highest BCUT2D eigenvalue weighted by atomic mass is 31.0. The minimum Gasteiger partial charge on any atom is -0.301 e. The van der Waals surface area contributed by atoms with Crippen molar-refractivity contribution in [1.82, 2.24) is 0 Å². The number of aldehydes is 1. The molecule has 3 nitrogen and oxygen atoms in total. The van der Waals surface area contributed by atoms with Crippen LogP contribution in [0.5, 0.6) is 0 Å². The molecule has 142 valence electrons. The van der Waals surface area contributed by atoms with E-state index < -0.39 is 5.54 Å². The molecule has 0 radical (unpaired) electrons. The Balaban J connectivity index is 2.13.